The molecule has 19 heavy (non-hydrogen) atoms. The van der Waals surface area contributed by atoms with Gasteiger partial charge < -0.3 is 10.1 Å². The molecule has 0 fully saturated rings. The Morgan fingerprint density at radius 3 is 2.63 bits per heavy atom. The quantitative estimate of drug-likeness (QED) is 0.815. The van der Waals surface area contributed by atoms with Gasteiger partial charge in [-0.05, 0) is 39.1 Å². The molecule has 0 bridgehead atoms. The number of benzene rings is 1. The summed E-state index contributed by atoms with van der Waals surface area (Å²) in [4.78, 5) is 11.6. The van der Waals surface area contributed by atoms with Crippen LogP contribution in [0.1, 0.15) is 13.8 Å². The van der Waals surface area contributed by atoms with Crippen molar-refractivity contribution in [2.75, 3.05) is 19.0 Å². The third-order valence-corrected chi connectivity index (χ3v) is 3.66. The normalized spacial score (nSPS) is 11.6. The van der Waals surface area contributed by atoms with Crippen molar-refractivity contribution in [2.45, 2.75) is 24.8 Å². The van der Waals surface area contributed by atoms with E-state index in [1.54, 1.807) is 12.1 Å². The van der Waals surface area contributed by atoms with Gasteiger partial charge in [-0.2, -0.15) is 0 Å². The van der Waals surface area contributed by atoms with Crippen LogP contribution in [0.4, 0.5) is 5.69 Å². The standard InChI is InChI=1S/C12H18N2O4S/c1-9(2)18-8-12(15)14-10-5-4-6-11(7-10)19(16,17)13-3/h4-7,9,13H,8H2,1-3H3,(H,14,15). The maximum atomic E-state index is 11.6. The Labute approximate surface area is 113 Å². The van der Waals surface area contributed by atoms with E-state index in [0.717, 1.165) is 0 Å². The first-order valence-electron chi connectivity index (χ1n) is 5.80. The van der Waals surface area contributed by atoms with Crippen LogP contribution in [0.15, 0.2) is 29.2 Å². The minimum absolute atomic E-state index is 0.0400. The number of carbonyl (C=O) groups excluding carboxylic acids is 1. The average molecular weight is 286 g/mol. The number of amides is 1. The topological polar surface area (TPSA) is 84.5 Å². The van der Waals surface area contributed by atoms with Crippen molar-refractivity contribution in [3.63, 3.8) is 0 Å². The Bertz CT molecular complexity index is 540. The molecule has 0 spiro atoms. The molecule has 1 amide bonds. The third-order valence-electron chi connectivity index (χ3n) is 2.24. The summed E-state index contributed by atoms with van der Waals surface area (Å²) in [6.45, 7) is 3.58. The van der Waals surface area contributed by atoms with E-state index in [1.165, 1.54) is 19.2 Å². The van der Waals surface area contributed by atoms with E-state index >= 15 is 0 Å². The van der Waals surface area contributed by atoms with Gasteiger partial charge in [0.15, 0.2) is 0 Å². The van der Waals surface area contributed by atoms with Gasteiger partial charge in [-0.25, -0.2) is 13.1 Å². The lowest BCUT2D eigenvalue weighted by atomic mass is 10.3. The van der Waals surface area contributed by atoms with Crippen molar-refractivity contribution in [2.24, 2.45) is 0 Å². The van der Waals surface area contributed by atoms with Gasteiger partial charge in [-0.1, -0.05) is 6.07 Å². The van der Waals surface area contributed by atoms with Gasteiger partial charge in [0.05, 0.1) is 11.0 Å². The lowest BCUT2D eigenvalue weighted by Crippen LogP contribution is -2.21. The zero-order valence-electron chi connectivity index (χ0n) is 11.1. The van der Waals surface area contributed by atoms with Gasteiger partial charge in [0.1, 0.15) is 6.61 Å². The number of hydrogen-bond donors (Lipinski definition) is 2. The van der Waals surface area contributed by atoms with Crippen molar-refractivity contribution in [1.29, 1.82) is 0 Å². The van der Waals surface area contributed by atoms with Crippen molar-refractivity contribution in [1.82, 2.24) is 4.72 Å². The second kappa shape index (κ2) is 6.65. The minimum atomic E-state index is -3.51. The summed E-state index contributed by atoms with van der Waals surface area (Å²) in [5.41, 5.74) is 0.411. The first-order chi connectivity index (χ1) is 8.85. The van der Waals surface area contributed by atoms with Crippen LogP contribution in [0, 0.1) is 0 Å². The van der Waals surface area contributed by atoms with E-state index in [2.05, 4.69) is 10.0 Å². The highest BCUT2D eigenvalue weighted by Gasteiger charge is 2.12. The fourth-order valence-electron chi connectivity index (χ4n) is 1.30. The smallest absolute Gasteiger partial charge is 0.250 e. The molecule has 0 aliphatic carbocycles. The highest BCUT2D eigenvalue weighted by Crippen LogP contribution is 2.14. The molecule has 0 unspecified atom stereocenters. The lowest BCUT2D eigenvalue weighted by Gasteiger charge is -2.09. The molecule has 0 atom stereocenters. The minimum Gasteiger partial charge on any atom is -0.369 e. The van der Waals surface area contributed by atoms with Gasteiger partial charge in [0.2, 0.25) is 15.9 Å². The van der Waals surface area contributed by atoms with Crippen LogP contribution in [0.25, 0.3) is 0 Å². The van der Waals surface area contributed by atoms with E-state index < -0.39 is 10.0 Å². The molecule has 1 aromatic rings. The third kappa shape index (κ3) is 4.98. The molecule has 0 aliphatic heterocycles. The van der Waals surface area contributed by atoms with E-state index in [9.17, 15) is 13.2 Å². The fourth-order valence-corrected chi connectivity index (χ4v) is 2.07. The second-order valence-corrected chi connectivity index (χ2v) is 6.03. The first-order valence-corrected chi connectivity index (χ1v) is 7.28. The zero-order chi connectivity index (χ0) is 14.5. The van der Waals surface area contributed by atoms with E-state index in [1.807, 2.05) is 13.8 Å². The Kier molecular flexibility index (Phi) is 5.46. The summed E-state index contributed by atoms with van der Waals surface area (Å²) >= 11 is 0. The SMILES string of the molecule is CNS(=O)(=O)c1cccc(NC(=O)COC(C)C)c1. The highest BCUT2D eigenvalue weighted by molar-refractivity contribution is 7.89. The van der Waals surface area contributed by atoms with Gasteiger partial charge in [0.25, 0.3) is 0 Å². The molecule has 6 nitrogen and oxygen atoms in total. The van der Waals surface area contributed by atoms with Crippen LogP contribution >= 0.6 is 0 Å². The van der Waals surface area contributed by atoms with Crippen molar-refractivity contribution >= 4 is 21.6 Å². The molecule has 0 saturated heterocycles. The van der Waals surface area contributed by atoms with Crippen LogP contribution in [0.2, 0.25) is 0 Å². The van der Waals surface area contributed by atoms with Crippen molar-refractivity contribution in [3.8, 4) is 0 Å². The maximum absolute atomic E-state index is 11.6. The van der Waals surface area contributed by atoms with Crippen molar-refractivity contribution in [3.05, 3.63) is 24.3 Å². The van der Waals surface area contributed by atoms with Crippen LogP contribution in [-0.4, -0.2) is 34.1 Å². The molecular formula is C12H18N2O4S. The Hall–Kier alpha value is -1.44. The van der Waals surface area contributed by atoms with Gasteiger partial charge in [0, 0.05) is 5.69 Å². The summed E-state index contributed by atoms with van der Waals surface area (Å²) in [6.07, 6.45) is -0.0400. The monoisotopic (exact) mass is 286 g/mol. The molecule has 2 N–H and O–H groups in total. The first kappa shape index (κ1) is 15.6. The lowest BCUT2D eigenvalue weighted by molar-refractivity contribution is -0.121. The zero-order valence-corrected chi connectivity index (χ0v) is 12.0. The summed E-state index contributed by atoms with van der Waals surface area (Å²) in [5, 5.41) is 2.58. The predicted octanol–water partition coefficient (Wildman–Crippen LogP) is 0.958. The number of anilines is 1. The average Bonchev–Trinajstić information content (AvgIpc) is 2.36. The van der Waals surface area contributed by atoms with Gasteiger partial charge in [-0.3, -0.25) is 4.79 Å². The summed E-state index contributed by atoms with van der Waals surface area (Å²) in [5.74, 6) is -0.326. The fraction of sp³-hybridized carbons (Fsp3) is 0.417. The maximum Gasteiger partial charge on any atom is 0.250 e. The van der Waals surface area contributed by atoms with Crippen LogP contribution in [0.3, 0.4) is 0 Å². The van der Waals surface area contributed by atoms with Gasteiger partial charge >= 0.3 is 0 Å². The summed E-state index contributed by atoms with van der Waals surface area (Å²) in [7, 11) is -2.18. The number of hydrogen-bond acceptors (Lipinski definition) is 4. The number of carbonyl (C=O) groups is 1. The van der Waals surface area contributed by atoms with Gasteiger partial charge in [-0.15, -0.1) is 0 Å². The molecule has 7 heteroatoms. The molecular weight excluding hydrogens is 268 g/mol. The number of sulfonamides is 1. The number of rotatable bonds is 6. The molecule has 1 rings (SSSR count). The summed E-state index contributed by atoms with van der Waals surface area (Å²) < 4.78 is 30.6. The number of nitrogens with one attached hydrogen (secondary N) is 2. The van der Waals surface area contributed by atoms with E-state index in [-0.39, 0.29) is 23.5 Å². The van der Waals surface area contributed by atoms with E-state index in [4.69, 9.17) is 4.74 Å². The Morgan fingerprint density at radius 1 is 1.37 bits per heavy atom. The largest absolute Gasteiger partial charge is 0.369 e. The van der Waals surface area contributed by atoms with Crippen LogP contribution in [-0.2, 0) is 19.6 Å². The second-order valence-electron chi connectivity index (χ2n) is 4.14. The molecule has 0 radical (unpaired) electrons. The summed E-state index contributed by atoms with van der Waals surface area (Å²) in [6, 6.07) is 6.01. The molecule has 1 aromatic carbocycles. The van der Waals surface area contributed by atoms with Crippen LogP contribution < -0.4 is 10.0 Å². The number of ether oxygens (including phenoxy) is 1. The molecule has 0 aromatic heterocycles. The molecule has 0 aliphatic rings. The molecule has 0 heterocycles. The highest BCUT2D eigenvalue weighted by atomic mass is 32.2. The van der Waals surface area contributed by atoms with Crippen LogP contribution in [0.5, 0.6) is 0 Å². The van der Waals surface area contributed by atoms with Crippen molar-refractivity contribution < 1.29 is 17.9 Å². The Morgan fingerprint density at radius 2 is 2.05 bits per heavy atom. The Balaban J connectivity index is 2.75. The molecule has 106 valence electrons. The van der Waals surface area contributed by atoms with E-state index in [0.29, 0.717) is 5.69 Å². The predicted molar refractivity (Wildman–Crippen MR) is 72.4 cm³/mol. The molecule has 0 saturated carbocycles.